The summed E-state index contributed by atoms with van der Waals surface area (Å²) in [6, 6.07) is 11.5. The highest BCUT2D eigenvalue weighted by Crippen LogP contribution is 2.34. The second-order valence-corrected chi connectivity index (χ2v) is 5.48. The predicted octanol–water partition coefficient (Wildman–Crippen LogP) is 1.72. The molecular weight excluding hydrogens is 268 g/mol. The summed E-state index contributed by atoms with van der Waals surface area (Å²) in [5, 5.41) is 13.5. The van der Waals surface area contributed by atoms with Gasteiger partial charge in [-0.1, -0.05) is 35.5 Å². The van der Waals surface area contributed by atoms with Crippen LogP contribution in [-0.2, 0) is 11.3 Å². The Kier molecular flexibility index (Phi) is 3.75. The van der Waals surface area contributed by atoms with Gasteiger partial charge in [-0.15, -0.1) is 0 Å². The minimum absolute atomic E-state index is 0.000353. The summed E-state index contributed by atoms with van der Waals surface area (Å²) in [5.41, 5.74) is 1.70. The van der Waals surface area contributed by atoms with E-state index in [1.165, 1.54) is 0 Å². The van der Waals surface area contributed by atoms with E-state index in [9.17, 15) is 9.90 Å². The minimum Gasteiger partial charge on any atom is -0.396 e. The molecule has 1 amide bonds. The van der Waals surface area contributed by atoms with Crippen molar-refractivity contribution in [2.45, 2.75) is 19.4 Å². The van der Waals surface area contributed by atoms with Crippen LogP contribution in [0.1, 0.15) is 22.9 Å². The van der Waals surface area contributed by atoms with Crippen LogP contribution in [-0.4, -0.2) is 34.2 Å². The maximum atomic E-state index is 12.6. The van der Waals surface area contributed by atoms with Crippen molar-refractivity contribution in [2.75, 3.05) is 13.2 Å². The zero-order valence-corrected chi connectivity index (χ0v) is 11.9. The van der Waals surface area contributed by atoms with E-state index in [0.717, 1.165) is 17.0 Å². The molecule has 0 aliphatic carbocycles. The number of carbonyl (C=O) groups is 1. The summed E-state index contributed by atoms with van der Waals surface area (Å²) < 4.78 is 5.04. The van der Waals surface area contributed by atoms with Crippen LogP contribution in [0.5, 0.6) is 0 Å². The molecule has 0 radical (unpaired) electrons. The van der Waals surface area contributed by atoms with E-state index >= 15 is 0 Å². The average molecular weight is 286 g/mol. The molecule has 2 heterocycles. The zero-order valence-electron chi connectivity index (χ0n) is 11.9. The van der Waals surface area contributed by atoms with Crippen LogP contribution in [0.4, 0.5) is 0 Å². The fourth-order valence-corrected chi connectivity index (χ4v) is 2.95. The Morgan fingerprint density at radius 3 is 2.76 bits per heavy atom. The van der Waals surface area contributed by atoms with Crippen molar-refractivity contribution in [2.24, 2.45) is 5.92 Å². The molecule has 1 saturated heterocycles. The van der Waals surface area contributed by atoms with E-state index in [1.807, 2.05) is 43.3 Å². The second-order valence-electron chi connectivity index (χ2n) is 5.48. The van der Waals surface area contributed by atoms with Crippen LogP contribution in [0.3, 0.4) is 0 Å². The number of likely N-dealkylation sites (tertiary alicyclic amines) is 1. The Bertz CT molecular complexity index is 623. The number of benzene rings is 1. The summed E-state index contributed by atoms with van der Waals surface area (Å²) in [5.74, 6) is 0.424. The number of aryl methyl sites for hydroxylation is 1. The molecule has 0 spiro atoms. The first-order chi connectivity index (χ1) is 10.2. The number of aliphatic hydroxyl groups is 1. The van der Waals surface area contributed by atoms with Gasteiger partial charge in [-0.2, -0.15) is 0 Å². The summed E-state index contributed by atoms with van der Waals surface area (Å²) in [6.45, 7) is 2.79. The quantitative estimate of drug-likeness (QED) is 0.929. The molecule has 1 N–H and O–H groups in total. The monoisotopic (exact) mass is 286 g/mol. The van der Waals surface area contributed by atoms with E-state index < -0.39 is 0 Å². The third-order valence-corrected chi connectivity index (χ3v) is 3.93. The molecule has 3 rings (SSSR count). The molecule has 0 unspecified atom stereocenters. The minimum atomic E-state index is -0.274. The molecule has 5 heteroatoms. The lowest BCUT2D eigenvalue weighted by molar-refractivity contribution is -0.129. The van der Waals surface area contributed by atoms with Crippen LogP contribution in [0.15, 0.2) is 40.9 Å². The molecule has 2 aromatic rings. The van der Waals surface area contributed by atoms with Crippen LogP contribution in [0.2, 0.25) is 0 Å². The SMILES string of the molecule is Cc1cc(CN2C[C@@H](CO)[C@H](c3ccccc3)C2=O)no1. The first-order valence-corrected chi connectivity index (χ1v) is 7.06. The highest BCUT2D eigenvalue weighted by Gasteiger charge is 2.40. The Morgan fingerprint density at radius 1 is 1.38 bits per heavy atom. The Morgan fingerprint density at radius 2 is 2.14 bits per heavy atom. The number of rotatable bonds is 4. The third-order valence-electron chi connectivity index (χ3n) is 3.93. The van der Waals surface area contributed by atoms with Gasteiger partial charge in [-0.05, 0) is 12.5 Å². The van der Waals surface area contributed by atoms with Gasteiger partial charge in [0.25, 0.3) is 0 Å². The molecule has 5 nitrogen and oxygen atoms in total. The summed E-state index contributed by atoms with van der Waals surface area (Å²) in [7, 11) is 0. The lowest BCUT2D eigenvalue weighted by Crippen LogP contribution is -2.26. The van der Waals surface area contributed by atoms with Gasteiger partial charge in [-0.25, -0.2) is 0 Å². The van der Waals surface area contributed by atoms with Crippen molar-refractivity contribution in [3.05, 3.63) is 53.4 Å². The normalized spacial score (nSPS) is 22.0. The van der Waals surface area contributed by atoms with Gasteiger partial charge in [-0.3, -0.25) is 4.79 Å². The molecule has 1 aromatic heterocycles. The molecular formula is C16H18N2O3. The number of aromatic nitrogens is 1. The molecule has 1 aromatic carbocycles. The van der Waals surface area contributed by atoms with Gasteiger partial charge >= 0.3 is 0 Å². The highest BCUT2D eigenvalue weighted by molar-refractivity contribution is 5.86. The number of hydrogen-bond donors (Lipinski definition) is 1. The number of carbonyl (C=O) groups excluding carboxylic acids is 1. The average Bonchev–Trinajstić information content (AvgIpc) is 3.04. The predicted molar refractivity (Wildman–Crippen MR) is 76.4 cm³/mol. The van der Waals surface area contributed by atoms with Gasteiger partial charge in [0, 0.05) is 25.1 Å². The number of nitrogens with zero attached hydrogens (tertiary/aromatic N) is 2. The summed E-state index contributed by atoms with van der Waals surface area (Å²) in [6.07, 6.45) is 0. The molecule has 1 aliphatic heterocycles. The fourth-order valence-electron chi connectivity index (χ4n) is 2.95. The summed E-state index contributed by atoms with van der Waals surface area (Å²) in [4.78, 5) is 14.4. The topological polar surface area (TPSA) is 66.6 Å². The number of aliphatic hydroxyl groups excluding tert-OH is 1. The van der Waals surface area contributed by atoms with E-state index in [1.54, 1.807) is 4.90 Å². The van der Waals surface area contributed by atoms with Crippen molar-refractivity contribution in [1.29, 1.82) is 0 Å². The smallest absolute Gasteiger partial charge is 0.230 e. The van der Waals surface area contributed by atoms with Gasteiger partial charge in [0.05, 0.1) is 12.5 Å². The van der Waals surface area contributed by atoms with Crippen molar-refractivity contribution in [3.8, 4) is 0 Å². The standard InChI is InChI=1S/C16H18N2O3/c1-11-7-14(17-21-11)9-18-8-13(10-19)15(16(18)20)12-5-3-2-4-6-12/h2-7,13,15,19H,8-10H2,1H3/t13-,15-/m0/s1. The largest absolute Gasteiger partial charge is 0.396 e. The first kappa shape index (κ1) is 13.8. The summed E-state index contributed by atoms with van der Waals surface area (Å²) >= 11 is 0. The Labute approximate surface area is 123 Å². The van der Waals surface area contributed by atoms with E-state index in [2.05, 4.69) is 5.16 Å². The van der Waals surface area contributed by atoms with Gasteiger partial charge in [0.1, 0.15) is 11.5 Å². The van der Waals surface area contributed by atoms with Gasteiger partial charge in [0.15, 0.2) is 0 Å². The van der Waals surface area contributed by atoms with Gasteiger partial charge < -0.3 is 14.5 Å². The van der Waals surface area contributed by atoms with Crippen molar-refractivity contribution in [1.82, 2.24) is 10.1 Å². The molecule has 110 valence electrons. The fraction of sp³-hybridized carbons (Fsp3) is 0.375. The maximum Gasteiger partial charge on any atom is 0.230 e. The lowest BCUT2D eigenvalue weighted by atomic mass is 9.89. The molecule has 2 atom stereocenters. The second kappa shape index (κ2) is 5.69. The third kappa shape index (κ3) is 2.69. The zero-order chi connectivity index (χ0) is 14.8. The van der Waals surface area contributed by atoms with Crippen LogP contribution < -0.4 is 0 Å². The Hall–Kier alpha value is -2.14. The van der Waals surface area contributed by atoms with Crippen molar-refractivity contribution >= 4 is 5.91 Å². The van der Waals surface area contributed by atoms with E-state index in [-0.39, 0.29) is 24.3 Å². The van der Waals surface area contributed by atoms with Crippen molar-refractivity contribution in [3.63, 3.8) is 0 Å². The highest BCUT2D eigenvalue weighted by atomic mass is 16.5. The first-order valence-electron chi connectivity index (χ1n) is 7.06. The van der Waals surface area contributed by atoms with Crippen LogP contribution in [0, 0.1) is 12.8 Å². The maximum absolute atomic E-state index is 12.6. The lowest BCUT2D eigenvalue weighted by Gasteiger charge is -2.15. The van der Waals surface area contributed by atoms with E-state index in [0.29, 0.717) is 13.1 Å². The molecule has 1 aliphatic rings. The number of amides is 1. The van der Waals surface area contributed by atoms with Gasteiger partial charge in [0.2, 0.25) is 5.91 Å². The molecule has 0 saturated carbocycles. The Balaban J connectivity index is 1.81. The molecule has 0 bridgehead atoms. The molecule has 21 heavy (non-hydrogen) atoms. The van der Waals surface area contributed by atoms with E-state index in [4.69, 9.17) is 4.52 Å². The number of hydrogen-bond acceptors (Lipinski definition) is 4. The van der Waals surface area contributed by atoms with Crippen LogP contribution in [0.25, 0.3) is 0 Å². The van der Waals surface area contributed by atoms with Crippen LogP contribution >= 0.6 is 0 Å². The molecule has 1 fully saturated rings. The van der Waals surface area contributed by atoms with Crippen molar-refractivity contribution < 1.29 is 14.4 Å².